The van der Waals surface area contributed by atoms with Crippen molar-refractivity contribution in [3.8, 4) is 0 Å². The monoisotopic (exact) mass is 287 g/mol. The zero-order chi connectivity index (χ0) is 13.7. The average molecular weight is 287 g/mol. The topological polar surface area (TPSA) is 118 Å². The molecule has 0 aliphatic heterocycles. The van der Waals surface area contributed by atoms with Crippen LogP contribution in [0.3, 0.4) is 0 Å². The van der Waals surface area contributed by atoms with Crippen LogP contribution in [0.25, 0.3) is 0 Å². The van der Waals surface area contributed by atoms with E-state index < -0.39 is 43.3 Å². The van der Waals surface area contributed by atoms with Crippen molar-refractivity contribution in [1.29, 1.82) is 0 Å². The minimum atomic E-state index is -3.66. The Bertz CT molecular complexity index is 452. The molecule has 17 heavy (non-hydrogen) atoms. The maximum Gasteiger partial charge on any atom is 0.306 e. The number of sulfone groups is 1. The Balaban J connectivity index is 4.08. The van der Waals surface area contributed by atoms with Crippen molar-refractivity contribution < 1.29 is 26.7 Å². The van der Waals surface area contributed by atoms with Crippen LogP contribution in [-0.2, 0) is 24.7 Å². The van der Waals surface area contributed by atoms with Crippen molar-refractivity contribution in [2.45, 2.75) is 13.3 Å². The van der Waals surface area contributed by atoms with Gasteiger partial charge in [0.25, 0.3) is 0 Å². The Morgan fingerprint density at radius 2 is 1.76 bits per heavy atom. The molecule has 0 aliphatic carbocycles. The van der Waals surface area contributed by atoms with Gasteiger partial charge in [-0.05, 0) is 6.42 Å². The third-order valence-electron chi connectivity index (χ3n) is 2.04. The number of carboxylic acids is 1. The van der Waals surface area contributed by atoms with Gasteiger partial charge in [0, 0.05) is 12.8 Å². The van der Waals surface area contributed by atoms with Gasteiger partial charge in [-0.1, -0.05) is 6.92 Å². The van der Waals surface area contributed by atoms with Gasteiger partial charge >= 0.3 is 5.97 Å². The minimum absolute atomic E-state index is 0.0143. The molecule has 0 amide bonds. The molecule has 0 fully saturated rings. The molecular weight excluding hydrogens is 270 g/mol. The molecule has 0 aliphatic rings. The smallest absolute Gasteiger partial charge is 0.306 e. The van der Waals surface area contributed by atoms with Crippen LogP contribution in [0.1, 0.15) is 13.3 Å². The number of sulfonamides is 1. The lowest BCUT2D eigenvalue weighted by atomic mass is 10.1. The Kier molecular flexibility index (Phi) is 6.06. The Morgan fingerprint density at radius 3 is 2.18 bits per heavy atom. The predicted octanol–water partition coefficient (Wildman–Crippen LogP) is -0.939. The summed E-state index contributed by atoms with van der Waals surface area (Å²) < 4.78 is 46.3. The van der Waals surface area contributed by atoms with E-state index in [4.69, 9.17) is 5.11 Å². The molecule has 0 rings (SSSR count). The summed E-state index contributed by atoms with van der Waals surface area (Å²) in [6, 6.07) is 0. The number of hydrogen-bond acceptors (Lipinski definition) is 5. The third kappa shape index (κ3) is 9.07. The molecule has 0 bridgehead atoms. The maximum atomic E-state index is 11.3. The summed E-state index contributed by atoms with van der Waals surface area (Å²) in [5, 5.41) is 8.56. The van der Waals surface area contributed by atoms with Crippen molar-refractivity contribution in [1.82, 2.24) is 4.72 Å². The zero-order valence-electron chi connectivity index (χ0n) is 9.71. The lowest BCUT2D eigenvalue weighted by Gasteiger charge is -2.08. The maximum absolute atomic E-state index is 11.3. The van der Waals surface area contributed by atoms with Crippen molar-refractivity contribution in [2.24, 2.45) is 5.92 Å². The van der Waals surface area contributed by atoms with E-state index in [1.54, 1.807) is 0 Å². The summed E-state index contributed by atoms with van der Waals surface area (Å²) in [6.45, 7) is 1.45. The van der Waals surface area contributed by atoms with Crippen LogP contribution in [0.4, 0.5) is 0 Å². The number of rotatable bonds is 8. The Hall–Kier alpha value is -0.670. The summed E-state index contributed by atoms with van der Waals surface area (Å²) >= 11 is 0. The van der Waals surface area contributed by atoms with E-state index in [0.29, 0.717) is 0 Å². The summed E-state index contributed by atoms with van der Waals surface area (Å²) in [5.74, 6) is -2.60. The predicted molar refractivity (Wildman–Crippen MR) is 62.9 cm³/mol. The first-order valence-corrected chi connectivity index (χ1v) is 8.62. The quantitative estimate of drug-likeness (QED) is 0.595. The van der Waals surface area contributed by atoms with Crippen LogP contribution in [0, 0.1) is 5.92 Å². The molecular formula is C8H17NO6S2. The molecule has 0 aromatic heterocycles. The first-order valence-electron chi connectivity index (χ1n) is 4.91. The molecule has 0 saturated carbocycles. The molecule has 0 aromatic carbocycles. The first kappa shape index (κ1) is 16.3. The molecule has 1 atom stereocenters. The van der Waals surface area contributed by atoms with E-state index in [2.05, 4.69) is 4.72 Å². The fourth-order valence-electron chi connectivity index (χ4n) is 0.888. The van der Waals surface area contributed by atoms with Crippen LogP contribution < -0.4 is 4.72 Å². The van der Waals surface area contributed by atoms with Crippen molar-refractivity contribution in [3.63, 3.8) is 0 Å². The van der Waals surface area contributed by atoms with Gasteiger partial charge in [-0.25, -0.2) is 21.6 Å². The normalized spacial score (nSPS) is 14.5. The highest BCUT2D eigenvalue weighted by Gasteiger charge is 2.16. The summed E-state index contributed by atoms with van der Waals surface area (Å²) in [5.41, 5.74) is 0. The van der Waals surface area contributed by atoms with Gasteiger partial charge in [0.2, 0.25) is 10.0 Å². The highest BCUT2D eigenvalue weighted by atomic mass is 32.2. The van der Waals surface area contributed by atoms with Crippen LogP contribution in [0.15, 0.2) is 0 Å². The molecule has 0 radical (unpaired) electrons. The summed E-state index contributed by atoms with van der Waals surface area (Å²) in [4.78, 5) is 10.5. The molecule has 2 N–H and O–H groups in total. The Labute approximate surface area is 101 Å². The van der Waals surface area contributed by atoms with Crippen molar-refractivity contribution >= 4 is 25.8 Å². The van der Waals surface area contributed by atoms with Gasteiger partial charge in [-0.2, -0.15) is 0 Å². The highest BCUT2D eigenvalue weighted by Crippen LogP contribution is 2.00. The number of nitrogens with one attached hydrogen (secondary N) is 1. The van der Waals surface area contributed by atoms with Gasteiger partial charge in [-0.15, -0.1) is 0 Å². The minimum Gasteiger partial charge on any atom is -0.481 e. The molecule has 1 unspecified atom stereocenters. The SMILES string of the molecule is CC(CCNS(=O)(=O)CCS(C)(=O)=O)C(=O)O. The molecule has 0 heterocycles. The number of carboxylic acid groups (broad SMARTS) is 1. The number of aliphatic carboxylic acids is 1. The zero-order valence-corrected chi connectivity index (χ0v) is 11.3. The van der Waals surface area contributed by atoms with Gasteiger partial charge in [0.1, 0.15) is 9.84 Å². The van der Waals surface area contributed by atoms with Crippen LogP contribution in [0.5, 0.6) is 0 Å². The van der Waals surface area contributed by atoms with E-state index in [9.17, 15) is 21.6 Å². The lowest BCUT2D eigenvalue weighted by molar-refractivity contribution is -0.141. The standard InChI is InChI=1S/C8H17NO6S2/c1-7(8(10)11)3-4-9-17(14,15)6-5-16(2,12)13/h7,9H,3-6H2,1-2H3,(H,10,11). The van der Waals surface area contributed by atoms with Crippen LogP contribution in [-0.4, -0.2) is 52.2 Å². The van der Waals surface area contributed by atoms with Crippen LogP contribution in [0.2, 0.25) is 0 Å². The van der Waals surface area contributed by atoms with E-state index in [0.717, 1.165) is 6.26 Å². The van der Waals surface area contributed by atoms with E-state index in [1.807, 2.05) is 0 Å². The third-order valence-corrected chi connectivity index (χ3v) is 4.63. The largest absolute Gasteiger partial charge is 0.481 e. The van der Waals surface area contributed by atoms with Gasteiger partial charge < -0.3 is 5.11 Å². The van der Waals surface area contributed by atoms with Gasteiger partial charge in [0.15, 0.2) is 0 Å². The molecule has 102 valence electrons. The number of hydrogen-bond donors (Lipinski definition) is 2. The van der Waals surface area contributed by atoms with Gasteiger partial charge in [-0.3, -0.25) is 4.79 Å². The summed E-state index contributed by atoms with van der Waals surface area (Å²) in [7, 11) is -6.98. The fourth-order valence-corrected chi connectivity index (χ4v) is 3.55. The molecule has 0 saturated heterocycles. The number of carbonyl (C=O) groups is 1. The average Bonchev–Trinajstić information content (AvgIpc) is 2.13. The van der Waals surface area contributed by atoms with Crippen molar-refractivity contribution in [2.75, 3.05) is 24.3 Å². The fraction of sp³-hybridized carbons (Fsp3) is 0.875. The second kappa shape index (κ2) is 6.31. The molecule has 7 nitrogen and oxygen atoms in total. The molecule has 0 spiro atoms. The van der Waals surface area contributed by atoms with E-state index in [1.165, 1.54) is 6.92 Å². The van der Waals surface area contributed by atoms with Crippen molar-refractivity contribution in [3.05, 3.63) is 0 Å². The highest BCUT2D eigenvalue weighted by molar-refractivity contribution is 7.93. The van der Waals surface area contributed by atoms with Crippen LogP contribution >= 0.6 is 0 Å². The van der Waals surface area contributed by atoms with Gasteiger partial charge in [0.05, 0.1) is 17.4 Å². The first-order chi connectivity index (χ1) is 7.53. The second-order valence-corrected chi connectivity index (χ2v) is 8.06. The summed E-state index contributed by atoms with van der Waals surface area (Å²) in [6.07, 6.45) is 1.11. The van der Waals surface area contributed by atoms with E-state index in [-0.39, 0.29) is 13.0 Å². The molecule has 9 heteroatoms. The van der Waals surface area contributed by atoms with E-state index >= 15 is 0 Å². The molecule has 0 aromatic rings. The second-order valence-electron chi connectivity index (χ2n) is 3.87. The lowest BCUT2D eigenvalue weighted by Crippen LogP contribution is -2.31. The Morgan fingerprint density at radius 1 is 1.24 bits per heavy atom.